The van der Waals surface area contributed by atoms with Crippen LogP contribution in [0, 0.1) is 0 Å². The van der Waals surface area contributed by atoms with Crippen LogP contribution in [0.25, 0.3) is 9.88 Å². The van der Waals surface area contributed by atoms with Crippen LogP contribution in [0.2, 0.25) is 0 Å². The predicted octanol–water partition coefficient (Wildman–Crippen LogP) is 4.93. The fourth-order valence-corrected chi connectivity index (χ4v) is 5.57. The fraction of sp³-hybridized carbons (Fsp3) is 0.235. The molecular formula is C17H15F3N2O2S3. The normalized spacial score (nSPS) is 12.4. The number of rotatable bonds is 6. The molecule has 1 aromatic carbocycles. The third-order valence-electron chi connectivity index (χ3n) is 3.72. The van der Waals surface area contributed by atoms with Crippen LogP contribution in [0.4, 0.5) is 13.2 Å². The van der Waals surface area contributed by atoms with E-state index in [1.807, 2.05) is 12.3 Å². The maximum atomic E-state index is 12.6. The molecule has 0 aliphatic rings. The number of sulfonamides is 1. The van der Waals surface area contributed by atoms with E-state index in [1.165, 1.54) is 29.5 Å². The molecule has 0 saturated carbocycles. The van der Waals surface area contributed by atoms with Crippen LogP contribution < -0.4 is 4.72 Å². The van der Waals surface area contributed by atoms with Crippen molar-refractivity contribution in [3.8, 4) is 9.88 Å². The molecule has 0 spiro atoms. The highest BCUT2D eigenvalue weighted by atomic mass is 32.2. The summed E-state index contributed by atoms with van der Waals surface area (Å²) in [6.45, 7) is 1.90. The number of hydrogen-bond acceptors (Lipinski definition) is 5. The van der Waals surface area contributed by atoms with E-state index in [-0.39, 0.29) is 10.8 Å². The molecule has 144 valence electrons. The number of alkyl halides is 3. The summed E-state index contributed by atoms with van der Waals surface area (Å²) in [7, 11) is -3.76. The van der Waals surface area contributed by atoms with Crippen LogP contribution in [0.3, 0.4) is 0 Å². The first-order chi connectivity index (χ1) is 12.7. The molecule has 0 atom stereocenters. The largest absolute Gasteiger partial charge is 0.416 e. The van der Waals surface area contributed by atoms with E-state index in [9.17, 15) is 21.6 Å². The van der Waals surface area contributed by atoms with Gasteiger partial charge < -0.3 is 0 Å². The quantitative estimate of drug-likeness (QED) is 0.601. The Labute approximate surface area is 162 Å². The van der Waals surface area contributed by atoms with Gasteiger partial charge in [0.1, 0.15) is 9.22 Å². The number of benzene rings is 1. The second-order valence-electron chi connectivity index (χ2n) is 5.64. The average Bonchev–Trinajstić information content (AvgIpc) is 3.29. The Hall–Kier alpha value is -1.75. The van der Waals surface area contributed by atoms with Crippen molar-refractivity contribution in [2.45, 2.75) is 30.3 Å². The monoisotopic (exact) mass is 432 g/mol. The smallest absolute Gasteiger partial charge is 0.240 e. The topological polar surface area (TPSA) is 59.1 Å². The van der Waals surface area contributed by atoms with Crippen LogP contribution in [-0.2, 0) is 29.2 Å². The SMILES string of the molecule is CCc1csc(-c2ccc(S(=O)(=O)NCc3ccc(C(F)(F)F)cc3)s2)n1. The summed E-state index contributed by atoms with van der Waals surface area (Å²) in [5.74, 6) is 0. The van der Waals surface area contributed by atoms with E-state index in [2.05, 4.69) is 9.71 Å². The number of hydrogen-bond donors (Lipinski definition) is 1. The van der Waals surface area contributed by atoms with Crippen LogP contribution in [0.1, 0.15) is 23.7 Å². The van der Waals surface area contributed by atoms with Gasteiger partial charge in [0.15, 0.2) is 0 Å². The minimum absolute atomic E-state index is 0.0923. The van der Waals surface area contributed by atoms with Gasteiger partial charge in [-0.3, -0.25) is 0 Å². The van der Waals surface area contributed by atoms with E-state index < -0.39 is 21.8 Å². The molecule has 3 aromatic rings. The van der Waals surface area contributed by atoms with Crippen molar-refractivity contribution < 1.29 is 21.6 Å². The standard InChI is InChI=1S/C17H15F3N2O2S3/c1-2-13-10-25-16(22-13)14-7-8-15(26-14)27(23,24)21-9-11-3-5-12(6-4-11)17(18,19)20/h3-8,10,21H,2,9H2,1H3. The average molecular weight is 433 g/mol. The number of nitrogens with zero attached hydrogens (tertiary/aromatic N) is 1. The molecule has 0 aliphatic heterocycles. The van der Waals surface area contributed by atoms with E-state index in [0.29, 0.717) is 5.56 Å². The van der Waals surface area contributed by atoms with Crippen LogP contribution in [0.5, 0.6) is 0 Å². The van der Waals surface area contributed by atoms with Crippen molar-refractivity contribution in [1.29, 1.82) is 0 Å². The molecule has 27 heavy (non-hydrogen) atoms. The lowest BCUT2D eigenvalue weighted by Gasteiger charge is -2.08. The molecule has 1 N–H and O–H groups in total. The van der Waals surface area contributed by atoms with Gasteiger partial charge in [-0.15, -0.1) is 22.7 Å². The van der Waals surface area contributed by atoms with Gasteiger partial charge in [-0.25, -0.2) is 18.1 Å². The van der Waals surface area contributed by atoms with Gasteiger partial charge >= 0.3 is 6.18 Å². The number of nitrogens with one attached hydrogen (secondary N) is 1. The Balaban J connectivity index is 1.70. The summed E-state index contributed by atoms with van der Waals surface area (Å²) < 4.78 is 65.1. The summed E-state index contributed by atoms with van der Waals surface area (Å²) in [4.78, 5) is 5.20. The van der Waals surface area contributed by atoms with Crippen molar-refractivity contribution >= 4 is 32.7 Å². The van der Waals surface area contributed by atoms with Crippen molar-refractivity contribution in [3.63, 3.8) is 0 Å². The van der Waals surface area contributed by atoms with E-state index in [0.717, 1.165) is 45.5 Å². The molecule has 0 fully saturated rings. The number of aryl methyl sites for hydroxylation is 1. The van der Waals surface area contributed by atoms with Crippen molar-refractivity contribution in [2.75, 3.05) is 0 Å². The zero-order chi connectivity index (χ0) is 19.7. The Bertz CT molecular complexity index is 1020. The van der Waals surface area contributed by atoms with Gasteiger partial charge in [0, 0.05) is 11.9 Å². The zero-order valence-corrected chi connectivity index (χ0v) is 16.5. The molecule has 0 amide bonds. The van der Waals surface area contributed by atoms with Crippen molar-refractivity contribution in [2.24, 2.45) is 0 Å². The van der Waals surface area contributed by atoms with Gasteiger partial charge in [-0.05, 0) is 36.2 Å². The van der Waals surface area contributed by atoms with Crippen molar-refractivity contribution in [1.82, 2.24) is 9.71 Å². The molecule has 0 bridgehead atoms. The minimum atomic E-state index is -4.42. The molecule has 3 rings (SSSR count). The lowest BCUT2D eigenvalue weighted by Crippen LogP contribution is -2.22. The Morgan fingerprint density at radius 2 is 1.81 bits per heavy atom. The molecule has 0 radical (unpaired) electrons. The second-order valence-corrected chi connectivity index (χ2v) is 9.57. The summed E-state index contributed by atoms with van der Waals surface area (Å²) in [6, 6.07) is 7.58. The second kappa shape index (κ2) is 7.70. The first kappa shape index (κ1) is 20.0. The summed E-state index contributed by atoms with van der Waals surface area (Å²) >= 11 is 2.56. The highest BCUT2D eigenvalue weighted by molar-refractivity contribution is 7.91. The molecule has 0 saturated heterocycles. The van der Waals surface area contributed by atoms with Crippen molar-refractivity contribution in [3.05, 3.63) is 58.6 Å². The Kier molecular flexibility index (Phi) is 5.71. The summed E-state index contributed by atoms with van der Waals surface area (Å²) in [5.41, 5.74) is 0.621. The van der Waals surface area contributed by atoms with E-state index in [1.54, 1.807) is 6.07 Å². The molecule has 10 heteroatoms. The lowest BCUT2D eigenvalue weighted by atomic mass is 10.1. The fourth-order valence-electron chi connectivity index (χ4n) is 2.22. The molecule has 2 heterocycles. The number of thiazole rings is 1. The maximum absolute atomic E-state index is 12.6. The first-order valence-corrected chi connectivity index (χ1v) is 11.1. The third kappa shape index (κ3) is 4.75. The lowest BCUT2D eigenvalue weighted by molar-refractivity contribution is -0.137. The summed E-state index contributed by atoms with van der Waals surface area (Å²) in [6.07, 6.45) is -3.61. The molecule has 4 nitrogen and oxygen atoms in total. The molecule has 2 aromatic heterocycles. The van der Waals surface area contributed by atoms with Crippen LogP contribution in [-0.4, -0.2) is 13.4 Å². The summed E-state index contributed by atoms with van der Waals surface area (Å²) in [5, 5.41) is 2.70. The first-order valence-electron chi connectivity index (χ1n) is 7.89. The minimum Gasteiger partial charge on any atom is -0.240 e. The van der Waals surface area contributed by atoms with Gasteiger partial charge in [0.05, 0.1) is 16.1 Å². The van der Waals surface area contributed by atoms with Crippen LogP contribution in [0.15, 0.2) is 46.0 Å². The van der Waals surface area contributed by atoms with Gasteiger partial charge in [0.25, 0.3) is 0 Å². The molecule has 0 aliphatic carbocycles. The highest BCUT2D eigenvalue weighted by Crippen LogP contribution is 2.33. The number of halogens is 3. The molecule has 0 unspecified atom stereocenters. The number of thiophene rings is 1. The van der Waals surface area contributed by atoms with Crippen LogP contribution >= 0.6 is 22.7 Å². The van der Waals surface area contributed by atoms with Gasteiger partial charge in [-0.2, -0.15) is 13.2 Å². The molecular weight excluding hydrogens is 417 g/mol. The maximum Gasteiger partial charge on any atom is 0.416 e. The number of aromatic nitrogens is 1. The third-order valence-corrected chi connectivity index (χ3v) is 7.76. The van der Waals surface area contributed by atoms with Gasteiger partial charge in [0.2, 0.25) is 10.0 Å². The van der Waals surface area contributed by atoms with E-state index in [4.69, 9.17) is 0 Å². The predicted molar refractivity (Wildman–Crippen MR) is 100 cm³/mol. The Morgan fingerprint density at radius 3 is 2.41 bits per heavy atom. The Morgan fingerprint density at radius 1 is 1.11 bits per heavy atom. The van der Waals surface area contributed by atoms with E-state index >= 15 is 0 Å². The zero-order valence-electron chi connectivity index (χ0n) is 14.1. The highest BCUT2D eigenvalue weighted by Gasteiger charge is 2.30. The van der Waals surface area contributed by atoms with Gasteiger partial charge in [-0.1, -0.05) is 19.1 Å².